The van der Waals surface area contributed by atoms with Crippen LogP contribution in [0.2, 0.25) is 0 Å². The first-order chi connectivity index (χ1) is 7.33. The van der Waals surface area contributed by atoms with Crippen molar-refractivity contribution in [3.63, 3.8) is 0 Å². The maximum Gasteiger partial charge on any atom is 0.0700 e. The molecule has 2 N–H and O–H groups in total. The number of nitrogens with one attached hydrogen (secondary N) is 1. The van der Waals surface area contributed by atoms with E-state index in [0.717, 1.165) is 38.8 Å². The minimum atomic E-state index is -0.0685. The zero-order valence-corrected chi connectivity index (χ0v) is 9.58. The lowest BCUT2D eigenvalue weighted by atomic mass is 9.93. The molecule has 0 radical (unpaired) electrons. The highest BCUT2D eigenvalue weighted by Crippen LogP contribution is 2.17. The summed E-state index contributed by atoms with van der Waals surface area (Å²) in [5.74, 6) is 0. The van der Waals surface area contributed by atoms with Crippen molar-refractivity contribution in [3.8, 4) is 0 Å². The van der Waals surface area contributed by atoms with Gasteiger partial charge in [0.25, 0.3) is 0 Å². The lowest BCUT2D eigenvalue weighted by Gasteiger charge is -2.26. The molecule has 0 aliphatic heterocycles. The van der Waals surface area contributed by atoms with E-state index in [-0.39, 0.29) is 6.10 Å². The Morgan fingerprint density at radius 2 is 1.87 bits per heavy atom. The molecule has 0 aromatic rings. The van der Waals surface area contributed by atoms with Crippen LogP contribution in [0, 0.1) is 0 Å². The molecule has 1 saturated carbocycles. The van der Waals surface area contributed by atoms with Gasteiger partial charge < -0.3 is 19.9 Å². The van der Waals surface area contributed by atoms with Crippen molar-refractivity contribution in [1.82, 2.24) is 5.32 Å². The molecule has 0 spiro atoms. The van der Waals surface area contributed by atoms with Crippen molar-refractivity contribution in [3.05, 3.63) is 0 Å². The van der Waals surface area contributed by atoms with Crippen LogP contribution in [0.25, 0.3) is 0 Å². The maximum absolute atomic E-state index is 9.33. The second kappa shape index (κ2) is 8.05. The molecule has 4 nitrogen and oxygen atoms in total. The summed E-state index contributed by atoms with van der Waals surface area (Å²) in [5.41, 5.74) is 0. The van der Waals surface area contributed by atoms with Gasteiger partial charge >= 0.3 is 0 Å². The van der Waals surface area contributed by atoms with Gasteiger partial charge in [-0.05, 0) is 25.7 Å². The highest BCUT2D eigenvalue weighted by atomic mass is 16.5. The molecule has 15 heavy (non-hydrogen) atoms. The van der Waals surface area contributed by atoms with Crippen LogP contribution >= 0.6 is 0 Å². The summed E-state index contributed by atoms with van der Waals surface area (Å²) in [6.45, 7) is 2.96. The fraction of sp³-hybridized carbons (Fsp3) is 1.00. The average molecular weight is 217 g/mol. The van der Waals surface area contributed by atoms with Crippen LogP contribution < -0.4 is 5.32 Å². The van der Waals surface area contributed by atoms with Gasteiger partial charge in [0.1, 0.15) is 0 Å². The smallest absolute Gasteiger partial charge is 0.0700 e. The van der Waals surface area contributed by atoms with Gasteiger partial charge in [-0.25, -0.2) is 0 Å². The van der Waals surface area contributed by atoms with E-state index in [4.69, 9.17) is 9.47 Å². The van der Waals surface area contributed by atoms with Crippen molar-refractivity contribution >= 4 is 0 Å². The first kappa shape index (κ1) is 12.9. The van der Waals surface area contributed by atoms with Crippen LogP contribution in [0.4, 0.5) is 0 Å². The summed E-state index contributed by atoms with van der Waals surface area (Å²) in [6, 6.07) is 0.569. The Hall–Kier alpha value is -0.160. The Morgan fingerprint density at radius 3 is 2.53 bits per heavy atom. The Balaban J connectivity index is 1.87. The Morgan fingerprint density at radius 1 is 1.13 bits per heavy atom. The summed E-state index contributed by atoms with van der Waals surface area (Å²) in [4.78, 5) is 0. The van der Waals surface area contributed by atoms with Crippen LogP contribution in [-0.2, 0) is 9.47 Å². The molecule has 0 bridgehead atoms. The minimum absolute atomic E-state index is 0.0685. The second-order valence-electron chi connectivity index (χ2n) is 4.06. The van der Waals surface area contributed by atoms with E-state index in [0.29, 0.717) is 19.3 Å². The van der Waals surface area contributed by atoms with Gasteiger partial charge in [0, 0.05) is 19.7 Å². The minimum Gasteiger partial charge on any atom is -0.393 e. The highest BCUT2D eigenvalue weighted by Gasteiger charge is 2.18. The van der Waals surface area contributed by atoms with E-state index in [9.17, 15) is 5.11 Å². The quantitative estimate of drug-likeness (QED) is 0.611. The molecule has 0 aromatic heterocycles. The molecule has 0 amide bonds. The van der Waals surface area contributed by atoms with Gasteiger partial charge in [-0.2, -0.15) is 0 Å². The molecule has 90 valence electrons. The molecular formula is C11H23NO3. The van der Waals surface area contributed by atoms with Gasteiger partial charge in [-0.3, -0.25) is 0 Å². The normalized spacial score (nSPS) is 26.8. The van der Waals surface area contributed by atoms with Gasteiger partial charge in [0.2, 0.25) is 0 Å². The van der Waals surface area contributed by atoms with Crippen molar-refractivity contribution in [1.29, 1.82) is 0 Å². The number of methoxy groups -OCH3 is 1. The van der Waals surface area contributed by atoms with Crippen LogP contribution in [0.5, 0.6) is 0 Å². The molecule has 0 aromatic carbocycles. The summed E-state index contributed by atoms with van der Waals surface area (Å²) in [5, 5.41) is 12.8. The van der Waals surface area contributed by atoms with Crippen molar-refractivity contribution in [2.24, 2.45) is 0 Å². The summed E-state index contributed by atoms with van der Waals surface area (Å²) in [6.07, 6.45) is 3.96. The number of aliphatic hydroxyl groups is 1. The zero-order chi connectivity index (χ0) is 10.9. The third-order valence-electron chi connectivity index (χ3n) is 2.81. The third kappa shape index (κ3) is 6.10. The summed E-state index contributed by atoms with van der Waals surface area (Å²) >= 11 is 0. The van der Waals surface area contributed by atoms with Gasteiger partial charge in [0.05, 0.1) is 25.9 Å². The van der Waals surface area contributed by atoms with Crippen molar-refractivity contribution < 1.29 is 14.6 Å². The number of rotatable bonds is 7. The van der Waals surface area contributed by atoms with Crippen molar-refractivity contribution in [2.75, 3.05) is 33.5 Å². The Kier molecular flexibility index (Phi) is 6.92. The lowest BCUT2D eigenvalue weighted by molar-refractivity contribution is 0.0684. The Labute approximate surface area is 92.0 Å². The van der Waals surface area contributed by atoms with Gasteiger partial charge in [-0.1, -0.05) is 0 Å². The maximum atomic E-state index is 9.33. The lowest BCUT2D eigenvalue weighted by Crippen LogP contribution is -2.36. The molecule has 0 atom stereocenters. The molecule has 1 aliphatic rings. The molecule has 0 heterocycles. The fourth-order valence-electron chi connectivity index (χ4n) is 1.86. The predicted molar refractivity (Wildman–Crippen MR) is 59.0 cm³/mol. The van der Waals surface area contributed by atoms with Gasteiger partial charge in [-0.15, -0.1) is 0 Å². The van der Waals surface area contributed by atoms with Crippen LogP contribution in [0.3, 0.4) is 0 Å². The highest BCUT2D eigenvalue weighted by molar-refractivity contribution is 4.76. The third-order valence-corrected chi connectivity index (χ3v) is 2.81. The number of hydrogen-bond acceptors (Lipinski definition) is 4. The van der Waals surface area contributed by atoms with Crippen LogP contribution in [0.15, 0.2) is 0 Å². The van der Waals surface area contributed by atoms with E-state index in [1.807, 2.05) is 0 Å². The van der Waals surface area contributed by atoms with E-state index < -0.39 is 0 Å². The summed E-state index contributed by atoms with van der Waals surface area (Å²) < 4.78 is 10.2. The monoisotopic (exact) mass is 217 g/mol. The van der Waals surface area contributed by atoms with Gasteiger partial charge in [0.15, 0.2) is 0 Å². The predicted octanol–water partition coefficient (Wildman–Crippen LogP) is 0.542. The fourth-order valence-corrected chi connectivity index (χ4v) is 1.86. The zero-order valence-electron chi connectivity index (χ0n) is 9.58. The standard InChI is InChI=1S/C11H23NO3/c1-14-8-9-15-7-6-12-10-2-4-11(13)5-3-10/h10-13H,2-9H2,1H3. The molecule has 0 unspecified atom stereocenters. The summed E-state index contributed by atoms with van der Waals surface area (Å²) in [7, 11) is 1.68. The van der Waals surface area contributed by atoms with Crippen LogP contribution in [-0.4, -0.2) is 50.7 Å². The number of hydrogen-bond donors (Lipinski definition) is 2. The molecule has 4 heteroatoms. The molecule has 1 fully saturated rings. The van der Waals surface area contributed by atoms with E-state index in [2.05, 4.69) is 5.32 Å². The SMILES string of the molecule is COCCOCCNC1CCC(O)CC1. The first-order valence-electron chi connectivity index (χ1n) is 5.81. The largest absolute Gasteiger partial charge is 0.393 e. The molecule has 1 aliphatic carbocycles. The van der Waals surface area contributed by atoms with E-state index in [1.165, 1.54) is 0 Å². The first-order valence-corrected chi connectivity index (χ1v) is 5.81. The second-order valence-corrected chi connectivity index (χ2v) is 4.06. The topological polar surface area (TPSA) is 50.7 Å². The van der Waals surface area contributed by atoms with Crippen LogP contribution in [0.1, 0.15) is 25.7 Å². The van der Waals surface area contributed by atoms with Crippen molar-refractivity contribution in [2.45, 2.75) is 37.8 Å². The number of ether oxygens (including phenoxy) is 2. The number of aliphatic hydroxyl groups excluding tert-OH is 1. The molecule has 1 rings (SSSR count). The molecular weight excluding hydrogens is 194 g/mol. The Bertz CT molecular complexity index is 147. The molecule has 0 saturated heterocycles. The van der Waals surface area contributed by atoms with E-state index >= 15 is 0 Å². The van der Waals surface area contributed by atoms with E-state index in [1.54, 1.807) is 7.11 Å². The average Bonchev–Trinajstić information content (AvgIpc) is 2.26.